The third-order valence-corrected chi connectivity index (χ3v) is 4.03. The Labute approximate surface area is 128 Å². The van der Waals surface area contributed by atoms with Gasteiger partial charge in [-0.3, -0.25) is 9.89 Å². The zero-order valence-electron chi connectivity index (χ0n) is 13.3. The van der Waals surface area contributed by atoms with Gasteiger partial charge in [-0.05, 0) is 27.7 Å². The minimum atomic E-state index is -0.295. The number of nitrogens with zero attached hydrogens (tertiary/aromatic N) is 3. The number of rotatable bonds is 2. The molecule has 2 aromatic heterocycles. The number of aryl methyl sites for hydroxylation is 3. The summed E-state index contributed by atoms with van der Waals surface area (Å²) < 4.78 is 11.3. The zero-order valence-corrected chi connectivity index (χ0v) is 13.3. The van der Waals surface area contributed by atoms with Gasteiger partial charge in [0.2, 0.25) is 0 Å². The van der Waals surface area contributed by atoms with Gasteiger partial charge < -0.3 is 14.1 Å². The lowest BCUT2D eigenvalue weighted by Gasteiger charge is -2.31. The van der Waals surface area contributed by atoms with Crippen LogP contribution in [0.1, 0.15) is 45.2 Å². The summed E-state index contributed by atoms with van der Waals surface area (Å²) in [5.41, 5.74) is 1.56. The number of carbonyl (C=O) groups excluding carboxylic acids is 1. The maximum Gasteiger partial charge on any atom is 0.257 e. The second kappa shape index (κ2) is 5.57. The first-order valence-corrected chi connectivity index (χ1v) is 7.33. The van der Waals surface area contributed by atoms with Gasteiger partial charge in [0.1, 0.15) is 23.4 Å². The Morgan fingerprint density at radius 3 is 2.64 bits per heavy atom. The molecule has 7 heteroatoms. The number of ether oxygens (including phenoxy) is 1. The molecule has 0 spiro atoms. The summed E-state index contributed by atoms with van der Waals surface area (Å²) in [5.74, 6) is 2.76. The molecule has 1 saturated heterocycles. The highest BCUT2D eigenvalue weighted by atomic mass is 16.5. The summed E-state index contributed by atoms with van der Waals surface area (Å²) in [6.07, 6.45) is -0.295. The topological polar surface area (TPSA) is 84.2 Å². The van der Waals surface area contributed by atoms with Crippen LogP contribution in [0.25, 0.3) is 0 Å². The maximum atomic E-state index is 12.8. The fourth-order valence-electron chi connectivity index (χ4n) is 2.76. The zero-order chi connectivity index (χ0) is 15.9. The number of aromatic amines is 1. The molecule has 3 rings (SSSR count). The first-order valence-electron chi connectivity index (χ1n) is 7.33. The van der Waals surface area contributed by atoms with E-state index in [1.807, 2.05) is 27.7 Å². The molecule has 1 N–H and O–H groups in total. The maximum absolute atomic E-state index is 12.8. The van der Waals surface area contributed by atoms with E-state index >= 15 is 0 Å². The minimum Gasteiger partial charge on any atom is -0.466 e. The lowest BCUT2D eigenvalue weighted by Crippen LogP contribution is -2.42. The minimum absolute atomic E-state index is 0.0209. The van der Waals surface area contributed by atoms with E-state index < -0.39 is 0 Å². The van der Waals surface area contributed by atoms with Gasteiger partial charge in [-0.25, -0.2) is 4.98 Å². The van der Waals surface area contributed by atoms with Gasteiger partial charge in [0, 0.05) is 12.1 Å². The molecule has 118 valence electrons. The van der Waals surface area contributed by atoms with E-state index in [2.05, 4.69) is 15.2 Å². The molecular weight excluding hydrogens is 284 g/mol. The molecule has 0 aromatic carbocycles. The molecule has 0 saturated carbocycles. The summed E-state index contributed by atoms with van der Waals surface area (Å²) in [6, 6.07) is 0. The van der Waals surface area contributed by atoms with Crippen LogP contribution in [-0.2, 0) is 4.74 Å². The van der Waals surface area contributed by atoms with E-state index in [0.717, 1.165) is 17.1 Å². The third kappa shape index (κ3) is 2.52. The van der Waals surface area contributed by atoms with Gasteiger partial charge in [-0.15, -0.1) is 0 Å². The van der Waals surface area contributed by atoms with Crippen LogP contribution >= 0.6 is 0 Å². The summed E-state index contributed by atoms with van der Waals surface area (Å²) in [6.45, 7) is 8.92. The van der Waals surface area contributed by atoms with E-state index in [1.165, 1.54) is 0 Å². The molecule has 1 atom stereocenters. The SMILES string of the molecule is Cc1nc([C@@H]2CN(C(=O)c3c(C)oc(C)c3C)CCO2)n[nH]1. The van der Waals surface area contributed by atoms with Crippen molar-refractivity contribution in [3.8, 4) is 0 Å². The largest absolute Gasteiger partial charge is 0.466 e. The van der Waals surface area contributed by atoms with Gasteiger partial charge >= 0.3 is 0 Å². The molecule has 0 unspecified atom stereocenters. The van der Waals surface area contributed by atoms with Crippen molar-refractivity contribution < 1.29 is 13.9 Å². The van der Waals surface area contributed by atoms with Gasteiger partial charge in [-0.1, -0.05) is 0 Å². The number of carbonyl (C=O) groups is 1. The standard InChI is InChI=1S/C15H20N4O3/c1-8-9(2)22-10(3)13(8)15(20)19-5-6-21-12(7-19)14-16-11(4)17-18-14/h12H,5-7H2,1-4H3,(H,16,17,18)/t12-/m0/s1. The normalized spacial score (nSPS) is 18.7. The fraction of sp³-hybridized carbons (Fsp3) is 0.533. The highest BCUT2D eigenvalue weighted by Crippen LogP contribution is 2.25. The number of hydrogen-bond acceptors (Lipinski definition) is 5. The number of nitrogens with one attached hydrogen (secondary N) is 1. The van der Waals surface area contributed by atoms with Crippen molar-refractivity contribution in [2.45, 2.75) is 33.8 Å². The average molecular weight is 304 g/mol. The molecule has 2 aromatic rings. The van der Waals surface area contributed by atoms with Crippen LogP contribution in [0.4, 0.5) is 0 Å². The van der Waals surface area contributed by atoms with Crippen molar-refractivity contribution >= 4 is 5.91 Å². The van der Waals surface area contributed by atoms with Crippen molar-refractivity contribution in [2.75, 3.05) is 19.7 Å². The van der Waals surface area contributed by atoms with E-state index in [1.54, 1.807) is 4.90 Å². The van der Waals surface area contributed by atoms with Crippen molar-refractivity contribution in [1.29, 1.82) is 0 Å². The van der Waals surface area contributed by atoms with Gasteiger partial charge in [0.05, 0.1) is 18.7 Å². The van der Waals surface area contributed by atoms with E-state index in [9.17, 15) is 4.79 Å². The van der Waals surface area contributed by atoms with E-state index in [-0.39, 0.29) is 12.0 Å². The number of furan rings is 1. The van der Waals surface area contributed by atoms with Crippen molar-refractivity contribution in [3.05, 3.63) is 34.3 Å². The van der Waals surface area contributed by atoms with Crippen molar-refractivity contribution in [1.82, 2.24) is 20.1 Å². The Morgan fingerprint density at radius 1 is 1.27 bits per heavy atom. The van der Waals surface area contributed by atoms with Crippen LogP contribution < -0.4 is 0 Å². The van der Waals surface area contributed by atoms with E-state index in [4.69, 9.17) is 9.15 Å². The molecule has 3 heterocycles. The van der Waals surface area contributed by atoms with Crippen LogP contribution in [0.15, 0.2) is 4.42 Å². The molecule has 1 aliphatic rings. The molecule has 7 nitrogen and oxygen atoms in total. The van der Waals surface area contributed by atoms with Crippen molar-refractivity contribution in [2.24, 2.45) is 0 Å². The van der Waals surface area contributed by atoms with Gasteiger partial charge in [-0.2, -0.15) is 5.10 Å². The second-order valence-corrected chi connectivity index (χ2v) is 5.60. The highest BCUT2D eigenvalue weighted by molar-refractivity contribution is 5.97. The monoisotopic (exact) mass is 304 g/mol. The van der Waals surface area contributed by atoms with Crippen LogP contribution in [-0.4, -0.2) is 45.7 Å². The molecule has 0 radical (unpaired) electrons. The summed E-state index contributed by atoms with van der Waals surface area (Å²) in [4.78, 5) is 18.9. The lowest BCUT2D eigenvalue weighted by molar-refractivity contribution is -0.0267. The quantitative estimate of drug-likeness (QED) is 0.915. The molecule has 1 aliphatic heterocycles. The number of amides is 1. The van der Waals surface area contributed by atoms with Crippen LogP contribution in [0.3, 0.4) is 0 Å². The number of morpholine rings is 1. The molecule has 1 amide bonds. The highest BCUT2D eigenvalue weighted by Gasteiger charge is 2.31. The summed E-state index contributed by atoms with van der Waals surface area (Å²) in [5, 5.41) is 6.93. The Kier molecular flexibility index (Phi) is 3.74. The van der Waals surface area contributed by atoms with Crippen LogP contribution in [0, 0.1) is 27.7 Å². The predicted octanol–water partition coefficient (Wildman–Crippen LogP) is 1.85. The van der Waals surface area contributed by atoms with Crippen molar-refractivity contribution in [3.63, 3.8) is 0 Å². The molecular formula is C15H20N4O3. The van der Waals surface area contributed by atoms with Crippen LogP contribution in [0.5, 0.6) is 0 Å². The summed E-state index contributed by atoms with van der Waals surface area (Å²) in [7, 11) is 0. The molecule has 22 heavy (non-hydrogen) atoms. The third-order valence-electron chi connectivity index (χ3n) is 4.03. The Bertz CT molecular complexity index is 704. The lowest BCUT2D eigenvalue weighted by atomic mass is 10.1. The van der Waals surface area contributed by atoms with E-state index in [0.29, 0.717) is 36.8 Å². The molecule has 0 bridgehead atoms. The Hall–Kier alpha value is -2.15. The van der Waals surface area contributed by atoms with Crippen LogP contribution in [0.2, 0.25) is 0 Å². The second-order valence-electron chi connectivity index (χ2n) is 5.60. The Morgan fingerprint density at radius 2 is 2.05 bits per heavy atom. The molecule has 1 fully saturated rings. The fourth-order valence-corrected chi connectivity index (χ4v) is 2.76. The number of H-pyrrole nitrogens is 1. The Balaban J connectivity index is 1.81. The molecule has 0 aliphatic carbocycles. The number of aromatic nitrogens is 3. The first kappa shape index (κ1) is 14.8. The number of hydrogen-bond donors (Lipinski definition) is 1. The van der Waals surface area contributed by atoms with Gasteiger partial charge in [0.25, 0.3) is 5.91 Å². The first-order chi connectivity index (χ1) is 10.5. The predicted molar refractivity (Wildman–Crippen MR) is 78.6 cm³/mol. The average Bonchev–Trinajstić information content (AvgIpc) is 3.03. The van der Waals surface area contributed by atoms with Gasteiger partial charge in [0.15, 0.2) is 5.82 Å². The summed E-state index contributed by atoms with van der Waals surface area (Å²) >= 11 is 0. The smallest absolute Gasteiger partial charge is 0.257 e.